The Morgan fingerprint density at radius 3 is 2.79 bits per heavy atom. The Hall–Kier alpha value is -0.910. The largest absolute Gasteiger partial charge is 0.478 e. The summed E-state index contributed by atoms with van der Waals surface area (Å²) < 4.78 is 15.5. The van der Waals surface area contributed by atoms with E-state index in [4.69, 9.17) is 19.3 Å². The first-order valence-corrected chi connectivity index (χ1v) is 4.25. The third-order valence-electron chi connectivity index (χ3n) is 2.02. The molecule has 0 spiro atoms. The zero-order valence-electron chi connectivity index (χ0n) is 8.44. The Morgan fingerprint density at radius 2 is 2.36 bits per heavy atom. The molecule has 0 amide bonds. The summed E-state index contributed by atoms with van der Waals surface area (Å²) in [6.45, 7) is 3.44. The SMILES string of the molecule is COC1(C)OCC(C=C(C)C(=O)O)O1. The van der Waals surface area contributed by atoms with E-state index in [1.807, 2.05) is 0 Å². The van der Waals surface area contributed by atoms with Crippen molar-refractivity contribution in [2.24, 2.45) is 0 Å². The van der Waals surface area contributed by atoms with E-state index in [0.717, 1.165) is 0 Å². The molecule has 1 aliphatic heterocycles. The van der Waals surface area contributed by atoms with Crippen LogP contribution in [0.15, 0.2) is 11.6 Å². The van der Waals surface area contributed by atoms with Crippen molar-refractivity contribution < 1.29 is 24.1 Å². The van der Waals surface area contributed by atoms with Crippen molar-refractivity contribution in [2.45, 2.75) is 25.9 Å². The van der Waals surface area contributed by atoms with Gasteiger partial charge in [0.15, 0.2) is 0 Å². The number of hydrogen-bond acceptors (Lipinski definition) is 4. The van der Waals surface area contributed by atoms with Gasteiger partial charge in [0.1, 0.15) is 6.10 Å². The average molecular weight is 202 g/mol. The lowest BCUT2D eigenvalue weighted by molar-refractivity contribution is -0.310. The molecule has 14 heavy (non-hydrogen) atoms. The standard InChI is InChI=1S/C9H14O5/c1-6(8(10)11)4-7-5-13-9(2,12-3)14-7/h4,7H,5H2,1-3H3,(H,10,11). The van der Waals surface area contributed by atoms with Gasteiger partial charge in [-0.1, -0.05) is 0 Å². The first-order valence-electron chi connectivity index (χ1n) is 4.25. The van der Waals surface area contributed by atoms with Gasteiger partial charge in [-0.3, -0.25) is 0 Å². The van der Waals surface area contributed by atoms with E-state index in [2.05, 4.69) is 0 Å². The van der Waals surface area contributed by atoms with Crippen LogP contribution in [0.1, 0.15) is 13.8 Å². The van der Waals surface area contributed by atoms with Gasteiger partial charge in [-0.05, 0) is 13.0 Å². The highest BCUT2D eigenvalue weighted by Crippen LogP contribution is 2.24. The maximum atomic E-state index is 10.5. The van der Waals surface area contributed by atoms with E-state index in [-0.39, 0.29) is 11.7 Å². The Bertz CT molecular complexity index is 260. The Morgan fingerprint density at radius 1 is 1.71 bits per heavy atom. The van der Waals surface area contributed by atoms with E-state index in [1.165, 1.54) is 20.1 Å². The molecule has 0 radical (unpaired) electrons. The second-order valence-corrected chi connectivity index (χ2v) is 3.19. The lowest BCUT2D eigenvalue weighted by Gasteiger charge is -2.19. The topological polar surface area (TPSA) is 65.0 Å². The lowest BCUT2D eigenvalue weighted by atomic mass is 10.2. The second-order valence-electron chi connectivity index (χ2n) is 3.19. The van der Waals surface area contributed by atoms with Crippen LogP contribution in [0.2, 0.25) is 0 Å². The third-order valence-corrected chi connectivity index (χ3v) is 2.02. The van der Waals surface area contributed by atoms with E-state index < -0.39 is 11.9 Å². The number of carboxylic acids is 1. The maximum Gasteiger partial charge on any atom is 0.331 e. The third kappa shape index (κ3) is 2.54. The molecule has 2 atom stereocenters. The van der Waals surface area contributed by atoms with Gasteiger partial charge >= 0.3 is 5.97 Å². The van der Waals surface area contributed by atoms with Gasteiger partial charge in [-0.15, -0.1) is 0 Å². The molecule has 1 fully saturated rings. The van der Waals surface area contributed by atoms with Gasteiger partial charge in [-0.25, -0.2) is 4.79 Å². The predicted molar refractivity (Wildman–Crippen MR) is 47.6 cm³/mol. The van der Waals surface area contributed by atoms with Crippen molar-refractivity contribution in [3.8, 4) is 0 Å². The molecule has 1 heterocycles. The van der Waals surface area contributed by atoms with Crippen LogP contribution in [0.5, 0.6) is 0 Å². The highest BCUT2D eigenvalue weighted by Gasteiger charge is 2.36. The molecular formula is C9H14O5. The quantitative estimate of drug-likeness (QED) is 0.684. The lowest BCUT2D eigenvalue weighted by Crippen LogP contribution is -2.28. The molecule has 0 aromatic rings. The number of carboxylic acid groups (broad SMARTS) is 1. The molecular weight excluding hydrogens is 188 g/mol. The van der Waals surface area contributed by atoms with Crippen molar-refractivity contribution in [1.29, 1.82) is 0 Å². The average Bonchev–Trinajstić information content (AvgIpc) is 2.48. The molecule has 5 heteroatoms. The summed E-state index contributed by atoms with van der Waals surface area (Å²) in [5, 5.41) is 8.63. The van der Waals surface area contributed by atoms with Crippen LogP contribution >= 0.6 is 0 Å². The van der Waals surface area contributed by atoms with E-state index in [9.17, 15) is 4.79 Å². The van der Waals surface area contributed by atoms with Crippen LogP contribution < -0.4 is 0 Å². The fraction of sp³-hybridized carbons (Fsp3) is 0.667. The summed E-state index contributed by atoms with van der Waals surface area (Å²) in [6, 6.07) is 0. The van der Waals surface area contributed by atoms with Gasteiger partial charge in [-0.2, -0.15) is 0 Å². The molecule has 1 N–H and O–H groups in total. The summed E-state index contributed by atoms with van der Waals surface area (Å²) in [5.74, 6) is -2.01. The van der Waals surface area contributed by atoms with Crippen LogP contribution in [-0.2, 0) is 19.0 Å². The van der Waals surface area contributed by atoms with Crippen molar-refractivity contribution in [3.63, 3.8) is 0 Å². The predicted octanol–water partition coefficient (Wildman–Crippen LogP) is 0.753. The van der Waals surface area contributed by atoms with Crippen LogP contribution in [0.3, 0.4) is 0 Å². The Kier molecular flexibility index (Phi) is 3.25. The Labute approximate surface area is 82.3 Å². The van der Waals surface area contributed by atoms with Crippen LogP contribution in [0.4, 0.5) is 0 Å². The molecule has 1 rings (SSSR count). The minimum Gasteiger partial charge on any atom is -0.478 e. The van der Waals surface area contributed by atoms with Gasteiger partial charge in [0.25, 0.3) is 5.97 Å². The smallest absolute Gasteiger partial charge is 0.331 e. The molecule has 80 valence electrons. The monoisotopic (exact) mass is 202 g/mol. The minimum absolute atomic E-state index is 0.235. The normalized spacial score (nSPS) is 33.4. The summed E-state index contributed by atoms with van der Waals surface area (Å²) in [4.78, 5) is 10.5. The summed E-state index contributed by atoms with van der Waals surface area (Å²) in [7, 11) is 1.47. The second kappa shape index (κ2) is 4.08. The summed E-state index contributed by atoms with van der Waals surface area (Å²) in [6.07, 6.45) is 1.14. The number of hydrogen-bond donors (Lipinski definition) is 1. The fourth-order valence-electron chi connectivity index (χ4n) is 1.12. The maximum absolute atomic E-state index is 10.5. The fourth-order valence-corrected chi connectivity index (χ4v) is 1.12. The van der Waals surface area contributed by atoms with Gasteiger partial charge in [0.2, 0.25) is 0 Å². The molecule has 0 saturated carbocycles. The van der Waals surface area contributed by atoms with Gasteiger partial charge in [0.05, 0.1) is 6.61 Å². The molecule has 5 nitrogen and oxygen atoms in total. The minimum atomic E-state index is -1.06. The molecule has 1 saturated heterocycles. The summed E-state index contributed by atoms with van der Waals surface area (Å²) >= 11 is 0. The zero-order chi connectivity index (χ0) is 10.8. The Balaban J connectivity index is 2.59. The van der Waals surface area contributed by atoms with E-state index >= 15 is 0 Å². The van der Waals surface area contributed by atoms with Crippen LogP contribution in [0.25, 0.3) is 0 Å². The van der Waals surface area contributed by atoms with Crippen LogP contribution in [0, 0.1) is 0 Å². The molecule has 2 unspecified atom stereocenters. The number of rotatable bonds is 3. The first-order chi connectivity index (χ1) is 6.47. The van der Waals surface area contributed by atoms with Crippen molar-refractivity contribution in [2.75, 3.05) is 13.7 Å². The van der Waals surface area contributed by atoms with Crippen molar-refractivity contribution in [1.82, 2.24) is 0 Å². The molecule has 1 aliphatic rings. The number of ether oxygens (including phenoxy) is 3. The van der Waals surface area contributed by atoms with Crippen molar-refractivity contribution in [3.05, 3.63) is 11.6 Å². The molecule has 0 aromatic carbocycles. The highest BCUT2D eigenvalue weighted by molar-refractivity contribution is 5.85. The van der Waals surface area contributed by atoms with Gasteiger partial charge in [0, 0.05) is 19.6 Å². The molecule has 0 aromatic heterocycles. The van der Waals surface area contributed by atoms with Crippen LogP contribution in [-0.4, -0.2) is 36.9 Å². The number of carbonyl (C=O) groups is 1. The zero-order valence-corrected chi connectivity index (χ0v) is 8.44. The van der Waals surface area contributed by atoms with E-state index in [0.29, 0.717) is 6.61 Å². The first kappa shape index (κ1) is 11.2. The summed E-state index contributed by atoms with van der Waals surface area (Å²) in [5.41, 5.74) is 0.235. The van der Waals surface area contributed by atoms with Crippen molar-refractivity contribution >= 4 is 5.97 Å². The van der Waals surface area contributed by atoms with Gasteiger partial charge < -0.3 is 19.3 Å². The molecule has 0 aliphatic carbocycles. The number of methoxy groups -OCH3 is 1. The van der Waals surface area contributed by atoms with E-state index in [1.54, 1.807) is 6.92 Å². The highest BCUT2D eigenvalue weighted by atomic mass is 16.9. The molecule has 0 bridgehead atoms. The number of aliphatic carboxylic acids is 1.